The topological polar surface area (TPSA) is 48.5 Å². The maximum atomic E-state index is 4.82. The highest BCUT2D eigenvalue weighted by atomic mass is 15.5. The molecule has 0 bridgehead atoms. The molecule has 28 heavy (non-hydrogen) atoms. The maximum Gasteiger partial charge on any atom is 0.220 e. The molecule has 0 unspecified atom stereocenters. The summed E-state index contributed by atoms with van der Waals surface area (Å²) in [5, 5.41) is 3.40. The summed E-state index contributed by atoms with van der Waals surface area (Å²) >= 11 is 0. The fourth-order valence-electron chi connectivity index (χ4n) is 3.76. The van der Waals surface area contributed by atoms with Crippen molar-refractivity contribution in [3.63, 3.8) is 0 Å². The van der Waals surface area contributed by atoms with E-state index in [9.17, 15) is 0 Å². The van der Waals surface area contributed by atoms with E-state index in [0.717, 1.165) is 22.6 Å². The summed E-state index contributed by atoms with van der Waals surface area (Å²) in [6.07, 6.45) is 0. The average Bonchev–Trinajstić information content (AvgIpc) is 2.65. The predicted octanol–water partition coefficient (Wildman–Crippen LogP) is 6.17. The van der Waals surface area contributed by atoms with E-state index in [1.165, 1.54) is 33.4 Å². The number of hydrogen-bond donors (Lipinski definition) is 3. The van der Waals surface area contributed by atoms with Crippen LogP contribution in [0.3, 0.4) is 0 Å². The lowest BCUT2D eigenvalue weighted by molar-refractivity contribution is 1.07. The molecule has 4 heteroatoms. The fourth-order valence-corrected chi connectivity index (χ4v) is 3.76. The van der Waals surface area contributed by atoms with Crippen molar-refractivity contribution < 1.29 is 1.43 Å². The summed E-state index contributed by atoms with van der Waals surface area (Å²) in [6.45, 7) is 10.6. The standard InChI is InChI=1S/C24H26N4.H2/c1-14-9-10-15(2)20(11-14)25-24-26-23-18(5)12-19(13-21(23)27-28-24)22-16(3)7-6-8-17(22)4;/h6-13,27H,1-5H3,(H2,25,26,28);1H. The van der Waals surface area contributed by atoms with E-state index in [0.29, 0.717) is 5.96 Å². The van der Waals surface area contributed by atoms with Crippen LogP contribution in [0.4, 0.5) is 17.1 Å². The molecule has 4 rings (SSSR count). The quantitative estimate of drug-likeness (QED) is 0.504. The van der Waals surface area contributed by atoms with Crippen molar-refractivity contribution in [3.05, 3.63) is 76.3 Å². The van der Waals surface area contributed by atoms with E-state index in [2.05, 4.69) is 99.3 Å². The Morgan fingerprint density at radius 2 is 1.54 bits per heavy atom. The van der Waals surface area contributed by atoms with Gasteiger partial charge < -0.3 is 5.32 Å². The third-order valence-electron chi connectivity index (χ3n) is 5.26. The van der Waals surface area contributed by atoms with Gasteiger partial charge >= 0.3 is 0 Å². The monoisotopic (exact) mass is 372 g/mol. The van der Waals surface area contributed by atoms with Gasteiger partial charge in [0.25, 0.3) is 0 Å². The van der Waals surface area contributed by atoms with Crippen LogP contribution in [0.5, 0.6) is 0 Å². The van der Waals surface area contributed by atoms with Gasteiger partial charge in [-0.2, -0.15) is 0 Å². The molecule has 0 atom stereocenters. The van der Waals surface area contributed by atoms with E-state index in [1.807, 2.05) is 0 Å². The zero-order chi connectivity index (χ0) is 19.8. The SMILES string of the molecule is Cc1ccc(C)c(NC2=Nc3c(C)cc(-c4c(C)cccc4C)cc3NN2)c1.[HH]. The normalized spacial score (nSPS) is 12.5. The van der Waals surface area contributed by atoms with Gasteiger partial charge in [0.1, 0.15) is 0 Å². The Morgan fingerprint density at radius 1 is 0.786 bits per heavy atom. The first-order chi connectivity index (χ1) is 13.4. The number of benzene rings is 3. The third kappa shape index (κ3) is 3.33. The number of rotatable bonds is 2. The van der Waals surface area contributed by atoms with Crippen molar-refractivity contribution in [1.82, 2.24) is 5.43 Å². The summed E-state index contributed by atoms with van der Waals surface area (Å²) in [5.41, 5.74) is 18.1. The second-order valence-corrected chi connectivity index (χ2v) is 7.61. The van der Waals surface area contributed by atoms with Gasteiger partial charge in [0.15, 0.2) is 0 Å². The molecule has 0 radical (unpaired) electrons. The summed E-state index contributed by atoms with van der Waals surface area (Å²) in [7, 11) is 0. The summed E-state index contributed by atoms with van der Waals surface area (Å²) < 4.78 is 0. The molecule has 0 saturated heterocycles. The smallest absolute Gasteiger partial charge is 0.220 e. The number of aliphatic imine (C=N–C) groups is 1. The Hall–Kier alpha value is -3.27. The molecule has 3 aromatic carbocycles. The van der Waals surface area contributed by atoms with Crippen molar-refractivity contribution in [3.8, 4) is 11.1 Å². The van der Waals surface area contributed by atoms with Gasteiger partial charge in [0, 0.05) is 7.11 Å². The van der Waals surface area contributed by atoms with Gasteiger partial charge in [-0.3, -0.25) is 10.9 Å². The van der Waals surface area contributed by atoms with Crippen LogP contribution >= 0.6 is 0 Å². The summed E-state index contributed by atoms with van der Waals surface area (Å²) in [5.74, 6) is 0.698. The Kier molecular flexibility index (Phi) is 4.55. The Labute approximate surface area is 168 Å². The van der Waals surface area contributed by atoms with E-state index in [4.69, 9.17) is 4.99 Å². The lowest BCUT2D eigenvalue weighted by Gasteiger charge is -2.23. The highest BCUT2D eigenvalue weighted by Crippen LogP contribution is 2.37. The summed E-state index contributed by atoms with van der Waals surface area (Å²) in [6, 6.07) is 17.2. The zero-order valence-electron chi connectivity index (χ0n) is 17.1. The van der Waals surface area contributed by atoms with Gasteiger partial charge in [-0.05, 0) is 91.8 Å². The van der Waals surface area contributed by atoms with E-state index in [-0.39, 0.29) is 1.43 Å². The Balaban J connectivity index is 0.00000240. The highest BCUT2D eigenvalue weighted by molar-refractivity contribution is 6.00. The van der Waals surface area contributed by atoms with Gasteiger partial charge in [0.05, 0.1) is 11.4 Å². The molecule has 0 spiro atoms. The van der Waals surface area contributed by atoms with E-state index >= 15 is 0 Å². The van der Waals surface area contributed by atoms with Crippen LogP contribution in [0.25, 0.3) is 11.1 Å². The molecule has 1 aliphatic rings. The van der Waals surface area contributed by atoms with Gasteiger partial charge in [0.2, 0.25) is 5.96 Å². The molecule has 4 nitrogen and oxygen atoms in total. The van der Waals surface area contributed by atoms with E-state index < -0.39 is 0 Å². The molecule has 3 N–H and O–H groups in total. The molecule has 0 amide bonds. The molecular weight excluding hydrogens is 344 g/mol. The molecule has 0 saturated carbocycles. The number of guanidine groups is 1. The minimum absolute atomic E-state index is 0. The fraction of sp³-hybridized carbons (Fsp3) is 0.208. The van der Waals surface area contributed by atoms with Gasteiger partial charge in [-0.1, -0.05) is 30.3 Å². The van der Waals surface area contributed by atoms with Gasteiger partial charge in [-0.25, -0.2) is 4.99 Å². The molecule has 0 fully saturated rings. The van der Waals surface area contributed by atoms with Crippen LogP contribution in [0.2, 0.25) is 0 Å². The molecule has 0 aromatic heterocycles. The van der Waals surface area contributed by atoms with Crippen molar-refractivity contribution >= 4 is 23.0 Å². The van der Waals surface area contributed by atoms with Crippen molar-refractivity contribution in [2.45, 2.75) is 34.6 Å². The first kappa shape index (κ1) is 18.1. The van der Waals surface area contributed by atoms with Crippen LogP contribution in [0.1, 0.15) is 29.2 Å². The number of anilines is 2. The predicted molar refractivity (Wildman–Crippen MR) is 122 cm³/mol. The summed E-state index contributed by atoms with van der Waals surface area (Å²) in [4.78, 5) is 4.82. The largest absolute Gasteiger partial charge is 0.324 e. The van der Waals surface area contributed by atoms with Gasteiger partial charge in [-0.15, -0.1) is 0 Å². The first-order valence-corrected chi connectivity index (χ1v) is 9.58. The lowest BCUT2D eigenvalue weighted by atomic mass is 9.93. The Bertz CT molecular complexity index is 1080. The minimum atomic E-state index is 0. The van der Waals surface area contributed by atoms with Crippen LogP contribution in [0.15, 0.2) is 53.5 Å². The minimum Gasteiger partial charge on any atom is -0.324 e. The van der Waals surface area contributed by atoms with Crippen LogP contribution < -0.4 is 16.2 Å². The third-order valence-corrected chi connectivity index (χ3v) is 5.26. The van der Waals surface area contributed by atoms with Crippen molar-refractivity contribution in [1.29, 1.82) is 0 Å². The second-order valence-electron chi connectivity index (χ2n) is 7.61. The number of nitrogens with zero attached hydrogens (tertiary/aromatic N) is 1. The number of nitrogens with one attached hydrogen (secondary N) is 3. The molecule has 3 aromatic rings. The number of hydrazine groups is 1. The highest BCUT2D eigenvalue weighted by Gasteiger charge is 2.17. The second kappa shape index (κ2) is 7.04. The number of aryl methyl sites for hydroxylation is 5. The van der Waals surface area contributed by atoms with Crippen LogP contribution in [-0.4, -0.2) is 5.96 Å². The first-order valence-electron chi connectivity index (χ1n) is 9.58. The Morgan fingerprint density at radius 3 is 2.29 bits per heavy atom. The maximum absolute atomic E-state index is 4.82. The lowest BCUT2D eigenvalue weighted by Crippen LogP contribution is -2.37. The average molecular weight is 373 g/mol. The number of hydrogen-bond acceptors (Lipinski definition) is 4. The van der Waals surface area contributed by atoms with Crippen molar-refractivity contribution in [2.75, 3.05) is 10.7 Å². The molecule has 1 heterocycles. The number of fused-ring (bicyclic) bond motifs is 1. The van der Waals surface area contributed by atoms with Crippen molar-refractivity contribution in [2.24, 2.45) is 4.99 Å². The van der Waals surface area contributed by atoms with Crippen LogP contribution in [0, 0.1) is 34.6 Å². The molecular formula is C24H28N4. The molecule has 144 valence electrons. The molecule has 0 aliphatic carbocycles. The van der Waals surface area contributed by atoms with E-state index in [1.54, 1.807) is 0 Å². The van der Waals surface area contributed by atoms with Crippen LogP contribution in [-0.2, 0) is 0 Å². The molecule has 1 aliphatic heterocycles. The zero-order valence-corrected chi connectivity index (χ0v) is 17.1.